The highest BCUT2D eigenvalue weighted by molar-refractivity contribution is 5.19. The Kier molecular flexibility index (Phi) is 2.17. The summed E-state index contributed by atoms with van der Waals surface area (Å²) < 4.78 is 1.68. The highest BCUT2D eigenvalue weighted by Gasteiger charge is 2.11. The van der Waals surface area contributed by atoms with Crippen molar-refractivity contribution in [2.75, 3.05) is 0 Å². The molecular formula is C10H14N2O. The van der Waals surface area contributed by atoms with E-state index in [1.807, 2.05) is 13.1 Å². The number of fused-ring (bicyclic) bond motifs is 1. The monoisotopic (exact) mass is 178 g/mol. The Hall–Kier alpha value is -1.12. The summed E-state index contributed by atoms with van der Waals surface area (Å²) in [4.78, 5) is 15.5. The number of aryl methyl sites for hydroxylation is 3. The van der Waals surface area contributed by atoms with Crippen molar-refractivity contribution < 1.29 is 0 Å². The highest BCUT2D eigenvalue weighted by atomic mass is 16.1. The number of aromatic nitrogens is 2. The summed E-state index contributed by atoms with van der Waals surface area (Å²) in [5.41, 5.74) is 2.21. The summed E-state index contributed by atoms with van der Waals surface area (Å²) in [5.74, 6) is 0. The molecule has 3 heteroatoms. The van der Waals surface area contributed by atoms with Gasteiger partial charge in [0.25, 0.3) is 0 Å². The van der Waals surface area contributed by atoms with Gasteiger partial charge in [-0.05, 0) is 38.2 Å². The van der Waals surface area contributed by atoms with Gasteiger partial charge in [0.05, 0.1) is 5.69 Å². The van der Waals surface area contributed by atoms with Crippen molar-refractivity contribution in [1.82, 2.24) is 9.55 Å². The topological polar surface area (TPSA) is 34.9 Å². The van der Waals surface area contributed by atoms with E-state index in [1.54, 1.807) is 4.57 Å². The third kappa shape index (κ3) is 1.50. The Balaban J connectivity index is 2.51. The van der Waals surface area contributed by atoms with E-state index in [0.717, 1.165) is 25.1 Å². The van der Waals surface area contributed by atoms with Crippen LogP contribution in [0.3, 0.4) is 0 Å². The summed E-state index contributed by atoms with van der Waals surface area (Å²) in [6.07, 6.45) is 6.45. The van der Waals surface area contributed by atoms with Gasteiger partial charge in [0.15, 0.2) is 0 Å². The molecule has 0 radical (unpaired) electrons. The maximum Gasteiger partial charge on any atom is 0.347 e. The van der Waals surface area contributed by atoms with E-state index in [-0.39, 0.29) is 5.69 Å². The van der Waals surface area contributed by atoms with E-state index < -0.39 is 0 Å². The first kappa shape index (κ1) is 8.48. The van der Waals surface area contributed by atoms with Crippen LogP contribution in [0.1, 0.15) is 31.0 Å². The molecule has 3 nitrogen and oxygen atoms in total. The minimum atomic E-state index is -0.0943. The molecule has 70 valence electrons. The molecule has 0 fully saturated rings. The van der Waals surface area contributed by atoms with Crippen LogP contribution in [0.2, 0.25) is 0 Å². The molecule has 0 saturated carbocycles. The third-order valence-electron chi connectivity index (χ3n) is 2.61. The average Bonchev–Trinajstić information content (AvgIpc) is 2.17. The molecule has 1 aliphatic carbocycles. The van der Waals surface area contributed by atoms with Crippen LogP contribution in [0.15, 0.2) is 11.0 Å². The van der Waals surface area contributed by atoms with E-state index in [9.17, 15) is 4.79 Å². The predicted octanol–water partition coefficient (Wildman–Crippen LogP) is 1.14. The lowest BCUT2D eigenvalue weighted by atomic mass is 9.98. The fraction of sp³-hybridized carbons (Fsp3) is 0.600. The summed E-state index contributed by atoms with van der Waals surface area (Å²) in [6, 6.07) is 0. The van der Waals surface area contributed by atoms with Crippen LogP contribution < -0.4 is 5.69 Å². The van der Waals surface area contributed by atoms with Crippen molar-refractivity contribution >= 4 is 0 Å². The van der Waals surface area contributed by atoms with Gasteiger partial charge in [-0.15, -0.1) is 0 Å². The SMILES string of the molecule is CCn1cc2c(nc1=O)CCCC2. The molecule has 1 aliphatic rings. The predicted molar refractivity (Wildman–Crippen MR) is 50.8 cm³/mol. The van der Waals surface area contributed by atoms with Crippen molar-refractivity contribution in [3.63, 3.8) is 0 Å². The van der Waals surface area contributed by atoms with Gasteiger partial charge in [-0.25, -0.2) is 4.79 Å². The van der Waals surface area contributed by atoms with E-state index in [2.05, 4.69) is 4.98 Å². The Labute approximate surface area is 77.4 Å². The van der Waals surface area contributed by atoms with Crippen LogP contribution in [0.25, 0.3) is 0 Å². The van der Waals surface area contributed by atoms with Crippen LogP contribution in [0.4, 0.5) is 0 Å². The molecule has 0 aliphatic heterocycles. The van der Waals surface area contributed by atoms with Crippen LogP contribution in [-0.2, 0) is 19.4 Å². The quantitative estimate of drug-likeness (QED) is 0.646. The molecule has 13 heavy (non-hydrogen) atoms. The van der Waals surface area contributed by atoms with Gasteiger partial charge in [0, 0.05) is 12.7 Å². The van der Waals surface area contributed by atoms with Gasteiger partial charge in [0.1, 0.15) is 0 Å². The summed E-state index contributed by atoms with van der Waals surface area (Å²) in [7, 11) is 0. The molecule has 0 unspecified atom stereocenters. The standard InChI is InChI=1S/C10H14N2O/c1-2-12-7-8-5-3-4-6-9(8)11-10(12)13/h7H,2-6H2,1H3. The summed E-state index contributed by atoms with van der Waals surface area (Å²) in [6.45, 7) is 2.69. The molecule has 0 amide bonds. The smallest absolute Gasteiger partial charge is 0.299 e. The van der Waals surface area contributed by atoms with Gasteiger partial charge in [-0.1, -0.05) is 0 Å². The molecule has 0 bridgehead atoms. The number of hydrogen-bond donors (Lipinski definition) is 0. The first-order valence-electron chi connectivity index (χ1n) is 4.90. The summed E-state index contributed by atoms with van der Waals surface area (Å²) >= 11 is 0. The number of hydrogen-bond acceptors (Lipinski definition) is 2. The second-order valence-corrected chi connectivity index (χ2v) is 3.49. The maximum absolute atomic E-state index is 11.4. The molecular weight excluding hydrogens is 164 g/mol. The van der Waals surface area contributed by atoms with E-state index >= 15 is 0 Å². The minimum absolute atomic E-state index is 0.0943. The zero-order chi connectivity index (χ0) is 9.26. The van der Waals surface area contributed by atoms with Crippen LogP contribution >= 0.6 is 0 Å². The third-order valence-corrected chi connectivity index (χ3v) is 2.61. The molecule has 0 saturated heterocycles. The van der Waals surface area contributed by atoms with Gasteiger partial charge < -0.3 is 0 Å². The zero-order valence-corrected chi connectivity index (χ0v) is 7.92. The molecule has 0 spiro atoms. The van der Waals surface area contributed by atoms with Crippen molar-refractivity contribution in [1.29, 1.82) is 0 Å². The number of rotatable bonds is 1. The Bertz CT molecular complexity index is 368. The number of nitrogens with zero attached hydrogens (tertiary/aromatic N) is 2. The lowest BCUT2D eigenvalue weighted by Crippen LogP contribution is -2.25. The second kappa shape index (κ2) is 3.32. The van der Waals surface area contributed by atoms with Gasteiger partial charge in [-0.2, -0.15) is 4.98 Å². The first-order valence-corrected chi connectivity index (χ1v) is 4.90. The fourth-order valence-corrected chi connectivity index (χ4v) is 1.83. The van der Waals surface area contributed by atoms with Gasteiger partial charge in [0.2, 0.25) is 0 Å². The Morgan fingerprint density at radius 1 is 1.46 bits per heavy atom. The Morgan fingerprint density at radius 3 is 3.00 bits per heavy atom. The lowest BCUT2D eigenvalue weighted by molar-refractivity contribution is 0.616. The molecule has 0 N–H and O–H groups in total. The first-order chi connectivity index (χ1) is 6.31. The molecule has 1 aromatic rings. The highest BCUT2D eigenvalue weighted by Crippen LogP contribution is 2.16. The van der Waals surface area contributed by atoms with Crippen LogP contribution in [0, 0.1) is 0 Å². The lowest BCUT2D eigenvalue weighted by Gasteiger charge is -2.15. The second-order valence-electron chi connectivity index (χ2n) is 3.49. The maximum atomic E-state index is 11.4. The molecule has 0 aromatic carbocycles. The van der Waals surface area contributed by atoms with Crippen molar-refractivity contribution in [2.45, 2.75) is 39.2 Å². The normalized spacial score (nSPS) is 15.5. The molecule has 1 heterocycles. The molecule has 2 rings (SSSR count). The van der Waals surface area contributed by atoms with Crippen LogP contribution in [0.5, 0.6) is 0 Å². The fourth-order valence-electron chi connectivity index (χ4n) is 1.83. The van der Waals surface area contributed by atoms with Crippen molar-refractivity contribution in [2.24, 2.45) is 0 Å². The Morgan fingerprint density at radius 2 is 2.23 bits per heavy atom. The van der Waals surface area contributed by atoms with Gasteiger partial charge in [-0.3, -0.25) is 4.57 Å². The van der Waals surface area contributed by atoms with E-state index in [4.69, 9.17) is 0 Å². The largest absolute Gasteiger partial charge is 0.347 e. The van der Waals surface area contributed by atoms with Crippen LogP contribution in [-0.4, -0.2) is 9.55 Å². The van der Waals surface area contributed by atoms with Crippen molar-refractivity contribution in [3.05, 3.63) is 27.9 Å². The van der Waals surface area contributed by atoms with E-state index in [1.165, 1.54) is 18.4 Å². The zero-order valence-electron chi connectivity index (χ0n) is 7.92. The molecule has 1 aromatic heterocycles. The van der Waals surface area contributed by atoms with Crippen molar-refractivity contribution in [3.8, 4) is 0 Å². The average molecular weight is 178 g/mol. The van der Waals surface area contributed by atoms with Gasteiger partial charge >= 0.3 is 5.69 Å². The van der Waals surface area contributed by atoms with E-state index in [0.29, 0.717) is 0 Å². The minimum Gasteiger partial charge on any atom is -0.299 e. The summed E-state index contributed by atoms with van der Waals surface area (Å²) in [5, 5.41) is 0. The molecule has 0 atom stereocenters.